The first-order chi connectivity index (χ1) is 7.75. The highest BCUT2D eigenvalue weighted by atomic mass is 16.5. The summed E-state index contributed by atoms with van der Waals surface area (Å²) in [7, 11) is 0. The maximum atomic E-state index is 5.76. The van der Waals surface area contributed by atoms with Crippen LogP contribution in [-0.2, 0) is 0 Å². The molecule has 1 unspecified atom stereocenters. The van der Waals surface area contributed by atoms with Crippen LogP contribution in [0.3, 0.4) is 0 Å². The third-order valence-corrected chi connectivity index (χ3v) is 3.23. The number of ether oxygens (including phenoxy) is 1. The van der Waals surface area contributed by atoms with Gasteiger partial charge in [0.05, 0.1) is 6.61 Å². The van der Waals surface area contributed by atoms with Crippen LogP contribution >= 0.6 is 0 Å². The van der Waals surface area contributed by atoms with Gasteiger partial charge < -0.3 is 10.5 Å². The molecule has 0 bridgehead atoms. The Labute approximate surface area is 97.0 Å². The minimum absolute atomic E-state index is 0.0383. The summed E-state index contributed by atoms with van der Waals surface area (Å²) in [6.07, 6.45) is 7.11. The zero-order valence-electron chi connectivity index (χ0n) is 9.86. The molecule has 1 atom stereocenters. The van der Waals surface area contributed by atoms with Gasteiger partial charge in [0.15, 0.2) is 0 Å². The second kappa shape index (κ2) is 5.30. The monoisotopic (exact) mass is 220 g/mol. The van der Waals surface area contributed by atoms with Crippen molar-refractivity contribution in [1.29, 1.82) is 0 Å². The Hall–Kier alpha value is -1.09. The van der Waals surface area contributed by atoms with Gasteiger partial charge >= 0.3 is 0 Å². The summed E-state index contributed by atoms with van der Waals surface area (Å²) in [6.45, 7) is 2.76. The molecule has 0 amide bonds. The Kier molecular flexibility index (Phi) is 3.78. The predicted octanol–water partition coefficient (Wildman–Crippen LogP) is 2.67. The number of nitrogens with zero attached hydrogens (tertiary/aromatic N) is 1. The van der Waals surface area contributed by atoms with Crippen LogP contribution < -0.4 is 10.5 Å². The zero-order valence-corrected chi connectivity index (χ0v) is 9.86. The molecule has 1 aromatic rings. The van der Waals surface area contributed by atoms with Crippen LogP contribution in [0.1, 0.15) is 44.2 Å². The van der Waals surface area contributed by atoms with Crippen molar-refractivity contribution >= 4 is 0 Å². The largest absolute Gasteiger partial charge is 0.477 e. The number of rotatable bonds is 4. The number of hydrogen-bond acceptors (Lipinski definition) is 3. The second-order valence-electron chi connectivity index (χ2n) is 4.68. The Morgan fingerprint density at radius 3 is 2.75 bits per heavy atom. The van der Waals surface area contributed by atoms with Gasteiger partial charge in [0.2, 0.25) is 5.88 Å². The SMILES string of the molecule is CC(N)c1ccc(OCC2CCCC2)nc1. The Morgan fingerprint density at radius 1 is 1.44 bits per heavy atom. The number of aromatic nitrogens is 1. The van der Waals surface area contributed by atoms with Crippen molar-refractivity contribution in [1.82, 2.24) is 4.98 Å². The Bertz CT molecular complexity index is 315. The standard InChI is InChI=1S/C13H20N2O/c1-10(14)12-6-7-13(15-8-12)16-9-11-4-2-3-5-11/h6-8,10-11H,2-5,9,14H2,1H3. The Balaban J connectivity index is 1.84. The highest BCUT2D eigenvalue weighted by molar-refractivity contribution is 5.19. The van der Waals surface area contributed by atoms with E-state index in [-0.39, 0.29) is 6.04 Å². The van der Waals surface area contributed by atoms with Gasteiger partial charge in [-0.3, -0.25) is 0 Å². The Morgan fingerprint density at radius 2 is 2.19 bits per heavy atom. The average molecular weight is 220 g/mol. The van der Waals surface area contributed by atoms with Gasteiger partial charge in [-0.1, -0.05) is 18.9 Å². The first kappa shape index (κ1) is 11.4. The van der Waals surface area contributed by atoms with E-state index in [1.165, 1.54) is 25.7 Å². The van der Waals surface area contributed by atoms with E-state index < -0.39 is 0 Å². The first-order valence-corrected chi connectivity index (χ1v) is 6.10. The molecule has 2 N–H and O–H groups in total. The predicted molar refractivity (Wildman–Crippen MR) is 64.3 cm³/mol. The van der Waals surface area contributed by atoms with Gasteiger partial charge in [0.25, 0.3) is 0 Å². The second-order valence-corrected chi connectivity index (χ2v) is 4.68. The highest BCUT2D eigenvalue weighted by Crippen LogP contribution is 2.25. The minimum Gasteiger partial charge on any atom is -0.477 e. The lowest BCUT2D eigenvalue weighted by Gasteiger charge is -2.11. The van der Waals surface area contributed by atoms with E-state index in [2.05, 4.69) is 4.98 Å². The lowest BCUT2D eigenvalue weighted by Crippen LogP contribution is -2.09. The molecule has 1 aliphatic carbocycles. The molecule has 1 heterocycles. The van der Waals surface area contributed by atoms with Gasteiger partial charge in [0, 0.05) is 18.3 Å². The van der Waals surface area contributed by atoms with E-state index in [0.717, 1.165) is 24.0 Å². The molecule has 0 aromatic carbocycles. The van der Waals surface area contributed by atoms with Gasteiger partial charge in [-0.2, -0.15) is 0 Å². The fourth-order valence-electron chi connectivity index (χ4n) is 2.13. The fourth-order valence-corrected chi connectivity index (χ4v) is 2.13. The molecule has 0 saturated heterocycles. The van der Waals surface area contributed by atoms with Crippen LogP contribution in [0, 0.1) is 5.92 Å². The van der Waals surface area contributed by atoms with Crippen LogP contribution in [-0.4, -0.2) is 11.6 Å². The van der Waals surface area contributed by atoms with Crippen molar-refractivity contribution < 1.29 is 4.74 Å². The molecule has 0 aliphatic heterocycles. The van der Waals surface area contributed by atoms with Gasteiger partial charge in [-0.25, -0.2) is 4.98 Å². The summed E-state index contributed by atoms with van der Waals surface area (Å²) in [5.41, 5.74) is 6.81. The molecule has 88 valence electrons. The van der Waals surface area contributed by atoms with Crippen molar-refractivity contribution in [3.63, 3.8) is 0 Å². The molecule has 1 aromatic heterocycles. The molecule has 0 spiro atoms. The molecule has 16 heavy (non-hydrogen) atoms. The van der Waals surface area contributed by atoms with Crippen LogP contribution in [0.5, 0.6) is 5.88 Å². The van der Waals surface area contributed by atoms with Crippen LogP contribution in [0.15, 0.2) is 18.3 Å². The first-order valence-electron chi connectivity index (χ1n) is 6.10. The lowest BCUT2D eigenvalue weighted by molar-refractivity contribution is 0.243. The third-order valence-electron chi connectivity index (χ3n) is 3.23. The van der Waals surface area contributed by atoms with Crippen molar-refractivity contribution in [2.24, 2.45) is 11.7 Å². The van der Waals surface area contributed by atoms with Crippen LogP contribution in [0.25, 0.3) is 0 Å². The smallest absolute Gasteiger partial charge is 0.213 e. The van der Waals surface area contributed by atoms with Crippen LogP contribution in [0.4, 0.5) is 0 Å². The molecule has 1 fully saturated rings. The molecule has 1 saturated carbocycles. The molecule has 1 aliphatic rings. The summed E-state index contributed by atoms with van der Waals surface area (Å²) in [5.74, 6) is 1.45. The van der Waals surface area contributed by atoms with Crippen molar-refractivity contribution in [2.45, 2.75) is 38.6 Å². The van der Waals surface area contributed by atoms with Gasteiger partial charge in [-0.15, -0.1) is 0 Å². The van der Waals surface area contributed by atoms with Crippen molar-refractivity contribution in [3.8, 4) is 5.88 Å². The molecule has 3 heteroatoms. The summed E-state index contributed by atoms with van der Waals surface area (Å²) < 4.78 is 5.67. The normalized spacial score (nSPS) is 18.6. The topological polar surface area (TPSA) is 48.1 Å². The van der Waals surface area contributed by atoms with Gasteiger partial charge in [0.1, 0.15) is 0 Å². The minimum atomic E-state index is 0.0383. The van der Waals surface area contributed by atoms with Crippen LogP contribution in [0.2, 0.25) is 0 Å². The molecular weight excluding hydrogens is 200 g/mol. The molecule has 0 radical (unpaired) electrons. The van der Waals surface area contributed by atoms with E-state index in [1.54, 1.807) is 6.20 Å². The van der Waals surface area contributed by atoms with E-state index in [4.69, 9.17) is 10.5 Å². The van der Waals surface area contributed by atoms with Crippen molar-refractivity contribution in [2.75, 3.05) is 6.61 Å². The number of pyridine rings is 1. The molecule has 3 nitrogen and oxygen atoms in total. The third kappa shape index (κ3) is 2.95. The zero-order chi connectivity index (χ0) is 11.4. The molecular formula is C13H20N2O. The summed E-state index contributed by atoms with van der Waals surface area (Å²) in [4.78, 5) is 4.26. The lowest BCUT2D eigenvalue weighted by atomic mass is 10.1. The number of hydrogen-bond donors (Lipinski definition) is 1. The van der Waals surface area contributed by atoms with Crippen molar-refractivity contribution in [3.05, 3.63) is 23.9 Å². The average Bonchev–Trinajstić information content (AvgIpc) is 2.80. The maximum Gasteiger partial charge on any atom is 0.213 e. The molecule has 2 rings (SSSR count). The number of nitrogens with two attached hydrogens (primary N) is 1. The van der Waals surface area contributed by atoms with E-state index in [0.29, 0.717) is 0 Å². The quantitative estimate of drug-likeness (QED) is 0.848. The summed E-state index contributed by atoms with van der Waals surface area (Å²) >= 11 is 0. The maximum absolute atomic E-state index is 5.76. The summed E-state index contributed by atoms with van der Waals surface area (Å²) in [6, 6.07) is 3.94. The summed E-state index contributed by atoms with van der Waals surface area (Å²) in [5, 5.41) is 0. The van der Waals surface area contributed by atoms with E-state index >= 15 is 0 Å². The van der Waals surface area contributed by atoms with E-state index in [1.807, 2.05) is 19.1 Å². The highest BCUT2D eigenvalue weighted by Gasteiger charge is 2.15. The van der Waals surface area contributed by atoms with E-state index in [9.17, 15) is 0 Å². The van der Waals surface area contributed by atoms with Gasteiger partial charge in [-0.05, 0) is 31.2 Å². The fraction of sp³-hybridized carbons (Fsp3) is 0.615.